The third-order valence-corrected chi connectivity index (χ3v) is 3.70. The summed E-state index contributed by atoms with van der Waals surface area (Å²) < 4.78 is 5.30. The Hall–Kier alpha value is -2.57. The number of nitrogens with one attached hydrogen (secondary N) is 3. The highest BCUT2D eigenvalue weighted by Gasteiger charge is 2.45. The first-order chi connectivity index (χ1) is 10.7. The van der Waals surface area contributed by atoms with Gasteiger partial charge in [0, 0.05) is 31.0 Å². The SMILES string of the molecule is O=C(CCCNC(=O)[C@@H]1C[C@@H]1c1ccco1)Nc1cn[nH]c1. The molecule has 0 spiro atoms. The molecule has 0 aromatic carbocycles. The molecule has 7 heteroatoms. The van der Waals surface area contributed by atoms with Gasteiger partial charge < -0.3 is 15.1 Å². The summed E-state index contributed by atoms with van der Waals surface area (Å²) in [5, 5.41) is 12.0. The van der Waals surface area contributed by atoms with Gasteiger partial charge in [0.05, 0.1) is 18.1 Å². The van der Waals surface area contributed by atoms with Crippen molar-refractivity contribution in [3.63, 3.8) is 0 Å². The van der Waals surface area contributed by atoms with Crippen LogP contribution in [0.2, 0.25) is 0 Å². The Morgan fingerprint density at radius 1 is 1.45 bits per heavy atom. The number of aromatic nitrogens is 2. The lowest BCUT2D eigenvalue weighted by Crippen LogP contribution is -2.27. The molecule has 0 unspecified atom stereocenters. The molecule has 0 radical (unpaired) electrons. The fraction of sp³-hybridized carbons (Fsp3) is 0.400. The molecule has 1 fully saturated rings. The Labute approximate surface area is 127 Å². The van der Waals surface area contributed by atoms with Crippen molar-refractivity contribution in [3.05, 3.63) is 36.5 Å². The van der Waals surface area contributed by atoms with Crippen molar-refractivity contribution >= 4 is 17.5 Å². The van der Waals surface area contributed by atoms with Crippen molar-refractivity contribution in [3.8, 4) is 0 Å². The molecule has 1 saturated carbocycles. The number of H-pyrrole nitrogens is 1. The van der Waals surface area contributed by atoms with Gasteiger partial charge >= 0.3 is 0 Å². The minimum absolute atomic E-state index is 0.00547. The summed E-state index contributed by atoms with van der Waals surface area (Å²) in [5.74, 6) is 1.04. The number of amides is 2. The minimum atomic E-state index is -0.0875. The molecule has 2 aromatic rings. The monoisotopic (exact) mass is 302 g/mol. The topological polar surface area (TPSA) is 100 Å². The lowest BCUT2D eigenvalue weighted by atomic mass is 10.2. The van der Waals surface area contributed by atoms with Gasteiger partial charge in [-0.25, -0.2) is 0 Å². The van der Waals surface area contributed by atoms with Crippen molar-refractivity contribution in [2.75, 3.05) is 11.9 Å². The lowest BCUT2D eigenvalue weighted by molar-refractivity contribution is -0.122. The van der Waals surface area contributed by atoms with Crippen molar-refractivity contribution < 1.29 is 14.0 Å². The second kappa shape index (κ2) is 6.46. The van der Waals surface area contributed by atoms with Gasteiger partial charge in [-0.2, -0.15) is 5.10 Å². The van der Waals surface area contributed by atoms with Gasteiger partial charge in [-0.1, -0.05) is 0 Å². The smallest absolute Gasteiger partial charge is 0.224 e. The van der Waals surface area contributed by atoms with E-state index in [9.17, 15) is 9.59 Å². The van der Waals surface area contributed by atoms with Gasteiger partial charge in [0.2, 0.25) is 11.8 Å². The quantitative estimate of drug-likeness (QED) is 0.677. The third-order valence-electron chi connectivity index (χ3n) is 3.70. The van der Waals surface area contributed by atoms with Gasteiger partial charge in [-0.15, -0.1) is 0 Å². The molecule has 116 valence electrons. The summed E-state index contributed by atoms with van der Waals surface area (Å²) in [6.07, 6.45) is 6.58. The number of aromatic amines is 1. The molecule has 0 saturated heterocycles. The first-order valence-corrected chi connectivity index (χ1v) is 7.34. The number of hydrogen-bond acceptors (Lipinski definition) is 4. The zero-order valence-corrected chi connectivity index (χ0v) is 12.0. The summed E-state index contributed by atoms with van der Waals surface area (Å²) in [4.78, 5) is 23.6. The van der Waals surface area contributed by atoms with E-state index in [1.54, 1.807) is 18.7 Å². The largest absolute Gasteiger partial charge is 0.469 e. The molecule has 0 aliphatic heterocycles. The van der Waals surface area contributed by atoms with E-state index in [4.69, 9.17) is 4.42 Å². The molecule has 22 heavy (non-hydrogen) atoms. The van der Waals surface area contributed by atoms with Crippen LogP contribution in [0.4, 0.5) is 5.69 Å². The van der Waals surface area contributed by atoms with Gasteiger partial charge in [0.15, 0.2) is 0 Å². The Balaban J connectivity index is 1.30. The molecular weight excluding hydrogens is 284 g/mol. The fourth-order valence-corrected chi connectivity index (χ4v) is 2.44. The van der Waals surface area contributed by atoms with E-state index in [1.807, 2.05) is 12.1 Å². The van der Waals surface area contributed by atoms with Crippen LogP contribution in [0.15, 0.2) is 35.2 Å². The number of anilines is 1. The second-order valence-electron chi connectivity index (χ2n) is 5.39. The van der Waals surface area contributed by atoms with Gasteiger partial charge in [-0.05, 0) is 25.0 Å². The number of furan rings is 1. The molecule has 2 amide bonds. The summed E-state index contributed by atoms with van der Waals surface area (Å²) in [6.45, 7) is 0.499. The van der Waals surface area contributed by atoms with Crippen LogP contribution in [0.5, 0.6) is 0 Å². The van der Waals surface area contributed by atoms with Crippen molar-refractivity contribution in [1.29, 1.82) is 0 Å². The standard InChI is InChI=1S/C15H18N4O3/c20-14(19-10-8-17-18-9-10)4-1-5-16-15(21)12-7-11(12)13-3-2-6-22-13/h2-3,6,8-9,11-12H,1,4-5,7H2,(H,16,21)(H,17,18)(H,19,20)/t11-,12+/m0/s1. The summed E-state index contributed by atoms with van der Waals surface area (Å²) in [7, 11) is 0. The second-order valence-corrected chi connectivity index (χ2v) is 5.39. The number of carbonyl (C=O) groups is 2. The van der Waals surface area contributed by atoms with Crippen LogP contribution in [0.1, 0.15) is 30.9 Å². The highest BCUT2D eigenvalue weighted by molar-refractivity contribution is 5.90. The average Bonchev–Trinajstić information content (AvgIpc) is 2.93. The lowest BCUT2D eigenvalue weighted by Gasteiger charge is -2.05. The van der Waals surface area contributed by atoms with Crippen molar-refractivity contribution in [2.45, 2.75) is 25.2 Å². The van der Waals surface area contributed by atoms with E-state index in [0.29, 0.717) is 25.1 Å². The highest BCUT2D eigenvalue weighted by atomic mass is 16.3. The molecular formula is C15H18N4O3. The average molecular weight is 302 g/mol. The molecule has 0 bridgehead atoms. The number of carbonyl (C=O) groups excluding carboxylic acids is 2. The van der Waals surface area contributed by atoms with Crippen LogP contribution in [-0.2, 0) is 9.59 Å². The van der Waals surface area contributed by atoms with Gasteiger partial charge in [-0.3, -0.25) is 14.7 Å². The third kappa shape index (κ3) is 3.55. The van der Waals surface area contributed by atoms with Crippen LogP contribution in [0.3, 0.4) is 0 Å². The first-order valence-electron chi connectivity index (χ1n) is 7.34. The normalized spacial score (nSPS) is 19.6. The molecule has 2 atom stereocenters. The van der Waals surface area contributed by atoms with Crippen LogP contribution in [0, 0.1) is 5.92 Å². The van der Waals surface area contributed by atoms with Gasteiger partial charge in [0.1, 0.15) is 5.76 Å². The zero-order valence-electron chi connectivity index (χ0n) is 12.0. The van der Waals surface area contributed by atoms with Crippen LogP contribution >= 0.6 is 0 Å². The molecule has 3 rings (SSSR count). The zero-order chi connectivity index (χ0) is 15.4. The van der Waals surface area contributed by atoms with Gasteiger partial charge in [0.25, 0.3) is 0 Å². The van der Waals surface area contributed by atoms with Crippen molar-refractivity contribution in [2.24, 2.45) is 5.92 Å². The predicted octanol–water partition coefficient (Wildman–Crippen LogP) is 1.64. The Morgan fingerprint density at radius 2 is 2.36 bits per heavy atom. The molecule has 2 aromatic heterocycles. The summed E-state index contributed by atoms with van der Waals surface area (Å²) in [5.41, 5.74) is 0.647. The number of nitrogens with zero attached hydrogens (tertiary/aromatic N) is 1. The van der Waals surface area contributed by atoms with E-state index in [-0.39, 0.29) is 23.7 Å². The van der Waals surface area contributed by atoms with Crippen LogP contribution in [-0.4, -0.2) is 28.6 Å². The molecule has 3 N–H and O–H groups in total. The summed E-state index contributed by atoms with van der Waals surface area (Å²) >= 11 is 0. The Morgan fingerprint density at radius 3 is 3.09 bits per heavy atom. The molecule has 1 aliphatic carbocycles. The molecule has 7 nitrogen and oxygen atoms in total. The first kappa shape index (κ1) is 14.4. The van der Waals surface area contributed by atoms with Crippen LogP contribution in [0.25, 0.3) is 0 Å². The van der Waals surface area contributed by atoms with E-state index in [1.165, 1.54) is 0 Å². The fourth-order valence-electron chi connectivity index (χ4n) is 2.44. The van der Waals surface area contributed by atoms with Crippen molar-refractivity contribution in [1.82, 2.24) is 15.5 Å². The maximum atomic E-state index is 11.9. The minimum Gasteiger partial charge on any atom is -0.469 e. The predicted molar refractivity (Wildman–Crippen MR) is 79.0 cm³/mol. The van der Waals surface area contributed by atoms with E-state index in [2.05, 4.69) is 20.8 Å². The summed E-state index contributed by atoms with van der Waals surface area (Å²) in [6, 6.07) is 3.74. The van der Waals surface area contributed by atoms with E-state index in [0.717, 1.165) is 12.2 Å². The van der Waals surface area contributed by atoms with E-state index < -0.39 is 0 Å². The van der Waals surface area contributed by atoms with Crippen LogP contribution < -0.4 is 10.6 Å². The molecule has 1 aliphatic rings. The maximum absolute atomic E-state index is 11.9. The maximum Gasteiger partial charge on any atom is 0.224 e. The molecule has 2 heterocycles. The number of hydrogen-bond donors (Lipinski definition) is 3. The highest BCUT2D eigenvalue weighted by Crippen LogP contribution is 2.47. The number of rotatable bonds is 7. The van der Waals surface area contributed by atoms with E-state index >= 15 is 0 Å². The Kier molecular flexibility index (Phi) is 4.22. The Bertz CT molecular complexity index is 621.